The number of carbonyl (C=O) groups is 3. The summed E-state index contributed by atoms with van der Waals surface area (Å²) in [6.45, 7) is 1.85. The number of halogens is 2. The number of nitrogens with zero attached hydrogens (tertiary/aromatic N) is 1. The molecule has 0 spiro atoms. The Balaban J connectivity index is 2.24. The van der Waals surface area contributed by atoms with Gasteiger partial charge in [0.15, 0.2) is 0 Å². The van der Waals surface area contributed by atoms with Gasteiger partial charge in [-0.3, -0.25) is 14.4 Å². The van der Waals surface area contributed by atoms with Crippen molar-refractivity contribution >= 4 is 34.9 Å². The maximum atomic E-state index is 13.4. The Hall–Kier alpha value is -1.95. The van der Waals surface area contributed by atoms with Gasteiger partial charge in [0, 0.05) is 6.54 Å². The number of ether oxygens (including phenoxy) is 1. The summed E-state index contributed by atoms with van der Waals surface area (Å²) in [4.78, 5) is 35.9. The number of benzene rings is 1. The number of esters is 1. The van der Waals surface area contributed by atoms with Crippen molar-refractivity contribution in [2.75, 3.05) is 18.1 Å². The van der Waals surface area contributed by atoms with Crippen molar-refractivity contribution in [3.05, 3.63) is 28.5 Å². The maximum Gasteiger partial charge on any atom is 0.307 e. The van der Waals surface area contributed by atoms with Gasteiger partial charge in [-0.05, 0) is 19.1 Å². The molecular formula is C13H11ClFNO4. The molecule has 0 unspecified atom stereocenters. The van der Waals surface area contributed by atoms with Crippen LogP contribution in [0.15, 0.2) is 12.1 Å². The van der Waals surface area contributed by atoms with E-state index in [0.717, 1.165) is 17.0 Å². The van der Waals surface area contributed by atoms with Crippen molar-refractivity contribution in [1.82, 2.24) is 0 Å². The number of rotatable bonds is 4. The van der Waals surface area contributed by atoms with E-state index in [0.29, 0.717) is 0 Å². The maximum absolute atomic E-state index is 13.4. The molecule has 1 heterocycles. The van der Waals surface area contributed by atoms with Gasteiger partial charge in [-0.15, -0.1) is 0 Å². The summed E-state index contributed by atoms with van der Waals surface area (Å²) in [5.74, 6) is -2.78. The van der Waals surface area contributed by atoms with Gasteiger partial charge < -0.3 is 9.64 Å². The Labute approximate surface area is 119 Å². The molecule has 1 aliphatic rings. The van der Waals surface area contributed by atoms with Crippen LogP contribution in [-0.4, -0.2) is 30.8 Å². The fourth-order valence-electron chi connectivity index (χ4n) is 1.95. The highest BCUT2D eigenvalue weighted by atomic mass is 35.5. The summed E-state index contributed by atoms with van der Waals surface area (Å²) >= 11 is 5.59. The number of carbonyl (C=O) groups excluding carboxylic acids is 3. The first-order valence-corrected chi connectivity index (χ1v) is 6.34. The number of hydrogen-bond donors (Lipinski definition) is 0. The Morgan fingerprint density at radius 3 is 2.75 bits per heavy atom. The molecule has 0 saturated carbocycles. The molecule has 1 aromatic rings. The van der Waals surface area contributed by atoms with E-state index in [9.17, 15) is 18.8 Å². The average molecular weight is 300 g/mol. The summed E-state index contributed by atoms with van der Waals surface area (Å²) in [6, 6.07) is 2.14. The van der Waals surface area contributed by atoms with Gasteiger partial charge in [-0.2, -0.15) is 0 Å². The molecule has 1 amide bonds. The van der Waals surface area contributed by atoms with Gasteiger partial charge in [-0.1, -0.05) is 11.6 Å². The van der Waals surface area contributed by atoms with Crippen LogP contribution in [0.25, 0.3) is 0 Å². The lowest BCUT2D eigenvalue weighted by Gasteiger charge is -2.15. The molecule has 20 heavy (non-hydrogen) atoms. The predicted molar refractivity (Wildman–Crippen MR) is 69.3 cm³/mol. The number of ketones is 1. The van der Waals surface area contributed by atoms with Crippen LogP contribution in [0.3, 0.4) is 0 Å². The lowest BCUT2D eigenvalue weighted by molar-refractivity contribution is -0.142. The van der Waals surface area contributed by atoms with E-state index >= 15 is 0 Å². The molecule has 0 bridgehead atoms. The second-order valence-electron chi connectivity index (χ2n) is 4.12. The topological polar surface area (TPSA) is 63.7 Å². The van der Waals surface area contributed by atoms with Crippen molar-refractivity contribution < 1.29 is 23.5 Å². The first-order chi connectivity index (χ1) is 9.45. The van der Waals surface area contributed by atoms with Crippen molar-refractivity contribution in [2.24, 2.45) is 0 Å². The second kappa shape index (κ2) is 5.58. The number of amides is 1. The van der Waals surface area contributed by atoms with Gasteiger partial charge in [-0.25, -0.2) is 4.39 Å². The second-order valence-corrected chi connectivity index (χ2v) is 4.53. The molecule has 0 aliphatic carbocycles. The van der Waals surface area contributed by atoms with E-state index in [2.05, 4.69) is 0 Å². The molecule has 0 atom stereocenters. The molecule has 2 rings (SSSR count). The van der Waals surface area contributed by atoms with E-state index in [1.807, 2.05) is 0 Å². The van der Waals surface area contributed by atoms with Gasteiger partial charge >= 0.3 is 5.97 Å². The monoisotopic (exact) mass is 299 g/mol. The Bertz CT molecular complexity index is 602. The molecular weight excluding hydrogens is 289 g/mol. The van der Waals surface area contributed by atoms with E-state index in [1.165, 1.54) is 0 Å². The van der Waals surface area contributed by atoms with Crippen molar-refractivity contribution in [1.29, 1.82) is 0 Å². The zero-order valence-electron chi connectivity index (χ0n) is 10.6. The van der Waals surface area contributed by atoms with Gasteiger partial charge in [0.1, 0.15) is 5.82 Å². The third-order valence-electron chi connectivity index (χ3n) is 2.86. The predicted octanol–water partition coefficient (Wildman–Crippen LogP) is 1.96. The first-order valence-electron chi connectivity index (χ1n) is 5.96. The fourth-order valence-corrected chi connectivity index (χ4v) is 2.11. The molecule has 5 nitrogen and oxygen atoms in total. The van der Waals surface area contributed by atoms with E-state index in [1.54, 1.807) is 6.92 Å². The number of Topliss-reactive ketones (excluding diaryl/α,β-unsaturated/α-hetero) is 1. The highest BCUT2D eigenvalue weighted by Gasteiger charge is 2.36. The van der Waals surface area contributed by atoms with Crippen LogP contribution in [0.2, 0.25) is 5.02 Å². The smallest absolute Gasteiger partial charge is 0.307 e. The summed E-state index contributed by atoms with van der Waals surface area (Å²) < 4.78 is 18.2. The molecule has 0 saturated heterocycles. The van der Waals surface area contributed by atoms with Crippen LogP contribution in [-0.2, 0) is 14.3 Å². The van der Waals surface area contributed by atoms with Crippen LogP contribution in [0.5, 0.6) is 0 Å². The summed E-state index contributed by atoms with van der Waals surface area (Å²) in [6.07, 6.45) is -0.0729. The number of fused-ring (bicyclic) bond motifs is 1. The lowest BCUT2D eigenvalue weighted by Crippen LogP contribution is -2.32. The van der Waals surface area contributed by atoms with Crippen LogP contribution >= 0.6 is 11.6 Å². The molecule has 0 aromatic heterocycles. The van der Waals surface area contributed by atoms with Crippen LogP contribution < -0.4 is 4.90 Å². The number of hydrogen-bond acceptors (Lipinski definition) is 4. The largest absolute Gasteiger partial charge is 0.466 e. The third-order valence-corrected chi connectivity index (χ3v) is 3.15. The Morgan fingerprint density at radius 1 is 1.40 bits per heavy atom. The van der Waals surface area contributed by atoms with Gasteiger partial charge in [0.25, 0.3) is 11.7 Å². The molecule has 0 radical (unpaired) electrons. The minimum absolute atomic E-state index is 0.0442. The average Bonchev–Trinajstić information content (AvgIpc) is 2.62. The summed E-state index contributed by atoms with van der Waals surface area (Å²) in [5, 5.41) is -0.225. The van der Waals surface area contributed by atoms with Crippen molar-refractivity contribution in [3.63, 3.8) is 0 Å². The van der Waals surface area contributed by atoms with E-state index < -0.39 is 23.5 Å². The van der Waals surface area contributed by atoms with Crippen LogP contribution in [0.1, 0.15) is 23.7 Å². The Kier molecular flexibility index (Phi) is 4.04. The number of anilines is 1. The minimum Gasteiger partial charge on any atom is -0.466 e. The normalized spacial score (nSPS) is 13.7. The molecule has 1 aromatic carbocycles. The zero-order valence-corrected chi connectivity index (χ0v) is 11.4. The summed E-state index contributed by atoms with van der Waals surface area (Å²) in [5.41, 5.74) is 0.177. The molecule has 106 valence electrons. The van der Waals surface area contributed by atoms with Crippen molar-refractivity contribution in [3.8, 4) is 0 Å². The SMILES string of the molecule is CCOC(=O)CCN1C(=O)C(=O)c2cc(Cl)c(F)cc21. The first kappa shape index (κ1) is 14.5. The highest BCUT2D eigenvalue weighted by Crippen LogP contribution is 2.33. The van der Waals surface area contributed by atoms with Crippen LogP contribution in [0.4, 0.5) is 10.1 Å². The van der Waals surface area contributed by atoms with Crippen molar-refractivity contribution in [2.45, 2.75) is 13.3 Å². The van der Waals surface area contributed by atoms with E-state index in [-0.39, 0.29) is 35.8 Å². The van der Waals surface area contributed by atoms with Crippen LogP contribution in [0, 0.1) is 5.82 Å². The quantitative estimate of drug-likeness (QED) is 0.630. The molecule has 7 heteroatoms. The zero-order chi connectivity index (χ0) is 14.9. The van der Waals surface area contributed by atoms with E-state index in [4.69, 9.17) is 16.3 Å². The summed E-state index contributed by atoms with van der Waals surface area (Å²) in [7, 11) is 0. The standard InChI is InChI=1S/C13H11ClFNO4/c1-2-20-11(17)3-4-16-10-6-9(15)8(14)5-7(10)12(18)13(16)19/h5-6H,2-4H2,1H3. The van der Waals surface area contributed by atoms with Gasteiger partial charge in [0.05, 0.1) is 29.3 Å². The molecule has 0 N–H and O–H groups in total. The highest BCUT2D eigenvalue weighted by molar-refractivity contribution is 6.52. The Morgan fingerprint density at radius 2 is 2.10 bits per heavy atom. The fraction of sp³-hybridized carbons (Fsp3) is 0.308. The molecule has 1 aliphatic heterocycles. The minimum atomic E-state index is -0.800. The third kappa shape index (κ3) is 2.51. The molecule has 0 fully saturated rings. The van der Waals surface area contributed by atoms with Gasteiger partial charge in [0.2, 0.25) is 0 Å². The lowest BCUT2D eigenvalue weighted by atomic mass is 10.1.